The Labute approximate surface area is 107 Å². The minimum Gasteiger partial charge on any atom is -0.389 e. The zero-order valence-electron chi connectivity index (χ0n) is 10.0. The summed E-state index contributed by atoms with van der Waals surface area (Å²) in [4.78, 5) is 0.0495. The molecular formula is C11H16ClNO3S. The van der Waals surface area contributed by atoms with E-state index in [0.29, 0.717) is 0 Å². The summed E-state index contributed by atoms with van der Waals surface area (Å²) in [5.41, 5.74) is -1.09. The molecule has 0 aromatic heterocycles. The SMILES string of the molecule is CN(CC(C)(C)O)S(=O)(=O)c1ccccc1Cl. The Hall–Kier alpha value is -0.620. The Morgan fingerprint density at radius 1 is 1.35 bits per heavy atom. The second kappa shape index (κ2) is 4.94. The van der Waals surface area contributed by atoms with Gasteiger partial charge in [-0.05, 0) is 26.0 Å². The highest BCUT2D eigenvalue weighted by Gasteiger charge is 2.27. The van der Waals surface area contributed by atoms with Crippen molar-refractivity contribution in [3.63, 3.8) is 0 Å². The lowest BCUT2D eigenvalue weighted by Gasteiger charge is -2.25. The average Bonchev–Trinajstić information content (AvgIpc) is 2.15. The van der Waals surface area contributed by atoms with Gasteiger partial charge in [-0.2, -0.15) is 4.31 Å². The third-order valence-corrected chi connectivity index (χ3v) is 4.44. The van der Waals surface area contributed by atoms with E-state index in [-0.39, 0.29) is 16.5 Å². The van der Waals surface area contributed by atoms with Crippen molar-refractivity contribution in [2.45, 2.75) is 24.3 Å². The summed E-state index contributed by atoms with van der Waals surface area (Å²) in [5.74, 6) is 0. The van der Waals surface area contributed by atoms with Crippen LogP contribution in [0.15, 0.2) is 29.2 Å². The van der Waals surface area contributed by atoms with Gasteiger partial charge in [-0.25, -0.2) is 8.42 Å². The normalized spacial score (nSPS) is 13.1. The minimum absolute atomic E-state index is 0.000552. The average molecular weight is 278 g/mol. The van der Waals surface area contributed by atoms with Crippen LogP contribution in [0.2, 0.25) is 5.02 Å². The summed E-state index contributed by atoms with van der Waals surface area (Å²) in [5, 5.41) is 9.80. The zero-order valence-corrected chi connectivity index (χ0v) is 11.6. The van der Waals surface area contributed by atoms with Gasteiger partial charge in [0.25, 0.3) is 0 Å². The molecule has 0 spiro atoms. The second-order valence-corrected chi connectivity index (χ2v) is 6.92. The molecule has 6 heteroatoms. The molecule has 0 unspecified atom stereocenters. The molecule has 1 aromatic carbocycles. The topological polar surface area (TPSA) is 57.6 Å². The van der Waals surface area contributed by atoms with Crippen LogP contribution in [-0.4, -0.2) is 37.0 Å². The Morgan fingerprint density at radius 3 is 2.35 bits per heavy atom. The van der Waals surface area contributed by atoms with Crippen LogP contribution in [0.25, 0.3) is 0 Å². The van der Waals surface area contributed by atoms with Crippen molar-refractivity contribution in [2.24, 2.45) is 0 Å². The number of aliphatic hydroxyl groups is 1. The van der Waals surface area contributed by atoms with Crippen LogP contribution in [0.1, 0.15) is 13.8 Å². The van der Waals surface area contributed by atoms with E-state index in [1.807, 2.05) is 0 Å². The van der Waals surface area contributed by atoms with E-state index in [1.54, 1.807) is 26.0 Å². The number of nitrogens with zero attached hydrogens (tertiary/aromatic N) is 1. The number of hydrogen-bond acceptors (Lipinski definition) is 3. The highest BCUT2D eigenvalue weighted by atomic mass is 35.5. The van der Waals surface area contributed by atoms with E-state index >= 15 is 0 Å². The number of sulfonamides is 1. The molecule has 0 bridgehead atoms. The standard InChI is InChI=1S/C11H16ClNO3S/c1-11(2,14)8-13(3)17(15,16)10-7-5-4-6-9(10)12/h4-7,14H,8H2,1-3H3. The maximum absolute atomic E-state index is 12.2. The fraction of sp³-hybridized carbons (Fsp3) is 0.455. The molecular weight excluding hydrogens is 262 g/mol. The van der Waals surface area contributed by atoms with Crippen LogP contribution >= 0.6 is 11.6 Å². The first-order valence-corrected chi connectivity index (χ1v) is 6.89. The molecule has 0 aliphatic heterocycles. The first-order valence-electron chi connectivity index (χ1n) is 5.08. The third kappa shape index (κ3) is 3.67. The highest BCUT2D eigenvalue weighted by molar-refractivity contribution is 7.89. The van der Waals surface area contributed by atoms with Crippen LogP contribution in [0.5, 0.6) is 0 Å². The molecule has 0 atom stereocenters. The van der Waals surface area contributed by atoms with Crippen LogP contribution in [0.3, 0.4) is 0 Å². The fourth-order valence-corrected chi connectivity index (χ4v) is 3.27. The molecule has 1 N–H and O–H groups in total. The lowest BCUT2D eigenvalue weighted by atomic mass is 10.1. The summed E-state index contributed by atoms with van der Waals surface area (Å²) in [7, 11) is -2.25. The number of halogens is 1. The molecule has 96 valence electrons. The summed E-state index contributed by atoms with van der Waals surface area (Å²) >= 11 is 5.86. The molecule has 0 fully saturated rings. The number of rotatable bonds is 4. The number of likely N-dealkylation sites (N-methyl/N-ethyl adjacent to an activating group) is 1. The molecule has 1 rings (SSSR count). The minimum atomic E-state index is -3.66. The van der Waals surface area contributed by atoms with E-state index in [9.17, 15) is 13.5 Å². The van der Waals surface area contributed by atoms with Crippen molar-refractivity contribution in [2.75, 3.05) is 13.6 Å². The van der Waals surface area contributed by atoms with Gasteiger partial charge in [0.05, 0.1) is 10.6 Å². The zero-order chi connectivity index (χ0) is 13.3. The van der Waals surface area contributed by atoms with E-state index in [4.69, 9.17) is 11.6 Å². The lowest BCUT2D eigenvalue weighted by molar-refractivity contribution is 0.0640. The quantitative estimate of drug-likeness (QED) is 0.912. The predicted octanol–water partition coefficient (Wildman–Crippen LogP) is 1.73. The van der Waals surface area contributed by atoms with Gasteiger partial charge in [-0.3, -0.25) is 0 Å². The molecule has 0 heterocycles. The van der Waals surface area contributed by atoms with Gasteiger partial charge < -0.3 is 5.11 Å². The Bertz CT molecular complexity index is 494. The maximum Gasteiger partial charge on any atom is 0.244 e. The summed E-state index contributed by atoms with van der Waals surface area (Å²) < 4.78 is 25.4. The molecule has 0 saturated carbocycles. The molecule has 0 radical (unpaired) electrons. The summed E-state index contributed by atoms with van der Waals surface area (Å²) in [6, 6.07) is 6.24. The van der Waals surface area contributed by atoms with Crippen molar-refractivity contribution < 1.29 is 13.5 Å². The Balaban J connectivity index is 3.09. The molecule has 4 nitrogen and oxygen atoms in total. The highest BCUT2D eigenvalue weighted by Crippen LogP contribution is 2.24. The van der Waals surface area contributed by atoms with Crippen LogP contribution in [-0.2, 0) is 10.0 Å². The van der Waals surface area contributed by atoms with Gasteiger partial charge in [0, 0.05) is 13.6 Å². The van der Waals surface area contributed by atoms with Gasteiger partial charge in [-0.1, -0.05) is 23.7 Å². The Kier molecular flexibility index (Phi) is 4.19. The van der Waals surface area contributed by atoms with Gasteiger partial charge in [0.1, 0.15) is 4.90 Å². The lowest BCUT2D eigenvalue weighted by Crippen LogP contribution is -2.39. The van der Waals surface area contributed by atoms with Crippen LogP contribution in [0, 0.1) is 0 Å². The van der Waals surface area contributed by atoms with Gasteiger partial charge in [0.15, 0.2) is 0 Å². The largest absolute Gasteiger partial charge is 0.389 e. The Morgan fingerprint density at radius 2 is 1.88 bits per heavy atom. The maximum atomic E-state index is 12.2. The van der Waals surface area contributed by atoms with Crippen molar-refractivity contribution in [3.05, 3.63) is 29.3 Å². The second-order valence-electron chi connectivity index (χ2n) is 4.50. The first-order chi connectivity index (χ1) is 7.64. The fourth-order valence-electron chi connectivity index (χ4n) is 1.45. The van der Waals surface area contributed by atoms with E-state index < -0.39 is 15.6 Å². The van der Waals surface area contributed by atoms with E-state index in [2.05, 4.69) is 0 Å². The van der Waals surface area contributed by atoms with Crippen molar-refractivity contribution >= 4 is 21.6 Å². The van der Waals surface area contributed by atoms with E-state index in [0.717, 1.165) is 4.31 Å². The first kappa shape index (κ1) is 14.4. The van der Waals surface area contributed by atoms with Gasteiger partial charge >= 0.3 is 0 Å². The monoisotopic (exact) mass is 277 g/mol. The summed E-state index contributed by atoms with van der Waals surface area (Å²) in [6.45, 7) is 3.10. The summed E-state index contributed by atoms with van der Waals surface area (Å²) in [6.07, 6.45) is 0. The third-order valence-electron chi connectivity index (χ3n) is 2.13. The molecule has 17 heavy (non-hydrogen) atoms. The van der Waals surface area contributed by atoms with Crippen molar-refractivity contribution in [1.29, 1.82) is 0 Å². The van der Waals surface area contributed by atoms with Crippen molar-refractivity contribution in [3.8, 4) is 0 Å². The molecule has 0 aliphatic rings. The molecule has 0 aliphatic carbocycles. The van der Waals surface area contributed by atoms with Gasteiger partial charge in [-0.15, -0.1) is 0 Å². The smallest absolute Gasteiger partial charge is 0.244 e. The molecule has 0 saturated heterocycles. The number of hydrogen-bond donors (Lipinski definition) is 1. The molecule has 1 aromatic rings. The number of benzene rings is 1. The van der Waals surface area contributed by atoms with Crippen LogP contribution in [0.4, 0.5) is 0 Å². The molecule has 0 amide bonds. The van der Waals surface area contributed by atoms with E-state index in [1.165, 1.54) is 19.2 Å². The predicted molar refractivity (Wildman–Crippen MR) is 67.6 cm³/mol. The van der Waals surface area contributed by atoms with Gasteiger partial charge in [0.2, 0.25) is 10.0 Å². The van der Waals surface area contributed by atoms with Crippen molar-refractivity contribution in [1.82, 2.24) is 4.31 Å². The van der Waals surface area contributed by atoms with Crippen LogP contribution < -0.4 is 0 Å².